The number of amides is 1. The first kappa shape index (κ1) is 14.3. The smallest absolute Gasteiger partial charge is 0.255 e. The molecule has 1 rings (SSSR count). The highest BCUT2D eigenvalue weighted by molar-refractivity contribution is 5.97. The summed E-state index contributed by atoms with van der Waals surface area (Å²) < 4.78 is 5.45. The molecule has 0 fully saturated rings. The van der Waals surface area contributed by atoms with Crippen molar-refractivity contribution in [2.24, 2.45) is 0 Å². The third kappa shape index (κ3) is 3.92. The standard InChI is InChI=1S/C13H19NO4/c1-4-18-13(2,3)8-14-12(17)10-6-5-9(15)7-11(10)16/h5-7,15-16H,4,8H2,1-3H3,(H,14,17). The van der Waals surface area contributed by atoms with Crippen molar-refractivity contribution in [3.63, 3.8) is 0 Å². The summed E-state index contributed by atoms with van der Waals surface area (Å²) in [5.74, 6) is -0.735. The number of carbonyl (C=O) groups is 1. The Labute approximate surface area is 106 Å². The maximum atomic E-state index is 11.8. The Morgan fingerprint density at radius 2 is 2.06 bits per heavy atom. The Bertz CT molecular complexity index is 429. The minimum absolute atomic E-state index is 0.0845. The number of hydrogen-bond acceptors (Lipinski definition) is 4. The first-order valence-corrected chi connectivity index (χ1v) is 5.80. The van der Waals surface area contributed by atoms with Crippen molar-refractivity contribution in [3.05, 3.63) is 23.8 Å². The molecule has 0 aliphatic rings. The monoisotopic (exact) mass is 253 g/mol. The summed E-state index contributed by atoms with van der Waals surface area (Å²) in [5, 5.41) is 21.4. The van der Waals surface area contributed by atoms with E-state index in [2.05, 4.69) is 5.32 Å². The largest absolute Gasteiger partial charge is 0.508 e. The quantitative estimate of drug-likeness (QED) is 0.745. The van der Waals surface area contributed by atoms with E-state index in [1.807, 2.05) is 20.8 Å². The Morgan fingerprint density at radius 1 is 1.39 bits per heavy atom. The molecule has 1 amide bonds. The van der Waals surface area contributed by atoms with Crippen molar-refractivity contribution in [1.82, 2.24) is 5.32 Å². The van der Waals surface area contributed by atoms with Gasteiger partial charge in [0.2, 0.25) is 0 Å². The summed E-state index contributed by atoms with van der Waals surface area (Å²) in [5.41, 5.74) is -0.336. The first-order valence-electron chi connectivity index (χ1n) is 5.80. The molecule has 0 aliphatic heterocycles. The molecule has 3 N–H and O–H groups in total. The second-order valence-corrected chi connectivity index (χ2v) is 4.58. The van der Waals surface area contributed by atoms with E-state index in [1.54, 1.807) is 0 Å². The van der Waals surface area contributed by atoms with Crippen LogP contribution < -0.4 is 5.32 Å². The first-order chi connectivity index (χ1) is 8.35. The van der Waals surface area contributed by atoms with Crippen LogP contribution in [0.2, 0.25) is 0 Å². The lowest BCUT2D eigenvalue weighted by molar-refractivity contribution is -0.00817. The molecule has 0 heterocycles. The minimum Gasteiger partial charge on any atom is -0.508 e. The fraction of sp³-hybridized carbons (Fsp3) is 0.462. The van der Waals surface area contributed by atoms with Gasteiger partial charge in [-0.25, -0.2) is 0 Å². The molecule has 0 bridgehead atoms. The summed E-state index contributed by atoms with van der Waals surface area (Å²) in [7, 11) is 0. The van der Waals surface area contributed by atoms with E-state index in [0.717, 1.165) is 6.07 Å². The SMILES string of the molecule is CCOC(C)(C)CNC(=O)c1ccc(O)cc1O. The van der Waals surface area contributed by atoms with Crippen molar-refractivity contribution in [2.45, 2.75) is 26.4 Å². The van der Waals surface area contributed by atoms with Crippen LogP contribution in [0.4, 0.5) is 0 Å². The van der Waals surface area contributed by atoms with Crippen molar-refractivity contribution >= 4 is 5.91 Å². The molecule has 1 aromatic rings. The molecular weight excluding hydrogens is 234 g/mol. The van der Waals surface area contributed by atoms with E-state index in [0.29, 0.717) is 13.2 Å². The van der Waals surface area contributed by atoms with E-state index in [-0.39, 0.29) is 17.1 Å². The predicted molar refractivity (Wildman–Crippen MR) is 67.8 cm³/mol. The molecule has 0 radical (unpaired) electrons. The van der Waals surface area contributed by atoms with Crippen LogP contribution in [-0.2, 0) is 4.74 Å². The van der Waals surface area contributed by atoms with Gasteiger partial charge in [-0.15, -0.1) is 0 Å². The van der Waals surface area contributed by atoms with Crippen molar-refractivity contribution in [2.75, 3.05) is 13.2 Å². The molecule has 0 unspecified atom stereocenters. The van der Waals surface area contributed by atoms with Gasteiger partial charge >= 0.3 is 0 Å². The lowest BCUT2D eigenvalue weighted by atomic mass is 10.1. The van der Waals surface area contributed by atoms with Crippen LogP contribution in [0.25, 0.3) is 0 Å². The summed E-state index contributed by atoms with van der Waals surface area (Å²) >= 11 is 0. The Kier molecular flexibility index (Phi) is 4.55. The van der Waals surface area contributed by atoms with Crippen LogP contribution in [0.3, 0.4) is 0 Å². The van der Waals surface area contributed by atoms with Crippen molar-refractivity contribution in [3.8, 4) is 11.5 Å². The molecule has 1 aromatic carbocycles. The topological polar surface area (TPSA) is 78.8 Å². The zero-order chi connectivity index (χ0) is 13.8. The van der Waals surface area contributed by atoms with Gasteiger partial charge in [0, 0.05) is 19.2 Å². The van der Waals surface area contributed by atoms with Gasteiger partial charge in [-0.1, -0.05) is 0 Å². The van der Waals surface area contributed by atoms with E-state index >= 15 is 0 Å². The number of carbonyl (C=O) groups excluding carboxylic acids is 1. The highest BCUT2D eigenvalue weighted by Gasteiger charge is 2.20. The number of hydrogen-bond donors (Lipinski definition) is 3. The number of rotatable bonds is 5. The number of phenolic OH excluding ortho intramolecular Hbond substituents is 2. The third-order valence-corrected chi connectivity index (χ3v) is 2.44. The third-order valence-electron chi connectivity index (χ3n) is 2.44. The molecule has 0 atom stereocenters. The molecule has 5 nitrogen and oxygen atoms in total. The second kappa shape index (κ2) is 5.73. The molecular formula is C13H19NO4. The van der Waals surface area contributed by atoms with Gasteiger partial charge in [0.25, 0.3) is 5.91 Å². The number of phenols is 2. The fourth-order valence-electron chi connectivity index (χ4n) is 1.54. The van der Waals surface area contributed by atoms with Gasteiger partial charge in [0.15, 0.2) is 0 Å². The summed E-state index contributed by atoms with van der Waals surface area (Å²) in [6, 6.07) is 3.85. The molecule has 5 heteroatoms. The Balaban J connectivity index is 2.66. The summed E-state index contributed by atoms with van der Waals surface area (Å²) in [6.45, 7) is 6.52. The maximum Gasteiger partial charge on any atom is 0.255 e. The Morgan fingerprint density at radius 3 is 2.61 bits per heavy atom. The molecule has 0 spiro atoms. The van der Waals surface area contributed by atoms with Crippen LogP contribution in [0.15, 0.2) is 18.2 Å². The van der Waals surface area contributed by atoms with E-state index < -0.39 is 11.5 Å². The number of aromatic hydroxyl groups is 2. The van der Waals surface area contributed by atoms with Gasteiger partial charge in [0.1, 0.15) is 11.5 Å². The van der Waals surface area contributed by atoms with Gasteiger partial charge < -0.3 is 20.3 Å². The van der Waals surface area contributed by atoms with Crippen LogP contribution in [0, 0.1) is 0 Å². The fourth-order valence-corrected chi connectivity index (χ4v) is 1.54. The average molecular weight is 253 g/mol. The zero-order valence-electron chi connectivity index (χ0n) is 10.9. The van der Waals surface area contributed by atoms with E-state index in [9.17, 15) is 9.90 Å². The van der Waals surface area contributed by atoms with E-state index in [1.165, 1.54) is 12.1 Å². The molecule has 18 heavy (non-hydrogen) atoms. The van der Waals surface area contributed by atoms with Gasteiger partial charge in [-0.05, 0) is 32.9 Å². The molecule has 100 valence electrons. The van der Waals surface area contributed by atoms with E-state index in [4.69, 9.17) is 9.84 Å². The highest BCUT2D eigenvalue weighted by atomic mass is 16.5. The normalized spacial score (nSPS) is 11.3. The number of benzene rings is 1. The lowest BCUT2D eigenvalue weighted by Gasteiger charge is -2.24. The minimum atomic E-state index is -0.461. The van der Waals surface area contributed by atoms with Gasteiger partial charge in [-0.2, -0.15) is 0 Å². The predicted octanol–water partition coefficient (Wildman–Crippen LogP) is 1.64. The lowest BCUT2D eigenvalue weighted by Crippen LogP contribution is -2.40. The van der Waals surface area contributed by atoms with Gasteiger partial charge in [0.05, 0.1) is 11.2 Å². The average Bonchev–Trinajstić information content (AvgIpc) is 2.26. The molecule has 0 aromatic heterocycles. The molecule has 0 saturated heterocycles. The van der Waals surface area contributed by atoms with Crippen LogP contribution in [0.5, 0.6) is 11.5 Å². The molecule has 0 saturated carbocycles. The second-order valence-electron chi connectivity index (χ2n) is 4.58. The maximum absolute atomic E-state index is 11.8. The number of ether oxygens (including phenoxy) is 1. The van der Waals surface area contributed by atoms with Crippen molar-refractivity contribution in [1.29, 1.82) is 0 Å². The van der Waals surface area contributed by atoms with Crippen LogP contribution >= 0.6 is 0 Å². The zero-order valence-corrected chi connectivity index (χ0v) is 10.9. The van der Waals surface area contributed by atoms with Gasteiger partial charge in [-0.3, -0.25) is 4.79 Å². The van der Waals surface area contributed by atoms with Crippen LogP contribution in [0.1, 0.15) is 31.1 Å². The Hall–Kier alpha value is -1.75. The molecule has 0 aliphatic carbocycles. The summed E-state index contributed by atoms with van der Waals surface area (Å²) in [6.07, 6.45) is 0. The van der Waals surface area contributed by atoms with Crippen molar-refractivity contribution < 1.29 is 19.7 Å². The van der Waals surface area contributed by atoms with Crippen LogP contribution in [-0.4, -0.2) is 34.9 Å². The summed E-state index contributed by atoms with van der Waals surface area (Å²) in [4.78, 5) is 11.8. The highest BCUT2D eigenvalue weighted by Crippen LogP contribution is 2.22. The number of nitrogens with one attached hydrogen (secondary N) is 1.